The van der Waals surface area contributed by atoms with Gasteiger partial charge >= 0.3 is 0 Å². The third kappa shape index (κ3) is 3.59. The maximum absolute atomic E-state index is 12.0. The maximum Gasteiger partial charge on any atom is 0.251 e. The molecule has 0 saturated heterocycles. The van der Waals surface area contributed by atoms with E-state index in [1.807, 2.05) is 12.1 Å². The molecule has 2 N–H and O–H groups in total. The van der Waals surface area contributed by atoms with Crippen LogP contribution in [0.1, 0.15) is 48.5 Å². The monoisotopic (exact) mass is 257 g/mol. The van der Waals surface area contributed by atoms with Crippen LogP contribution in [0.4, 0.5) is 0 Å². The number of aliphatic hydroxyl groups is 1. The summed E-state index contributed by atoms with van der Waals surface area (Å²) in [6.07, 6.45) is 3.78. The maximum atomic E-state index is 12.0. The van der Waals surface area contributed by atoms with Gasteiger partial charge in [0.05, 0.1) is 6.61 Å². The molecular weight excluding hydrogens is 238 g/mol. The molecule has 2 rings (SSSR count). The molecule has 1 amide bonds. The minimum Gasteiger partial charge on any atom is -0.395 e. The van der Waals surface area contributed by atoms with E-state index in [1.165, 1.54) is 6.42 Å². The van der Waals surface area contributed by atoms with Crippen LogP contribution in [0.5, 0.6) is 0 Å². The van der Waals surface area contributed by atoms with Gasteiger partial charge in [-0.1, -0.05) is 11.8 Å². The number of hydrogen-bond acceptors (Lipinski definition) is 2. The van der Waals surface area contributed by atoms with E-state index in [2.05, 4.69) is 24.1 Å². The van der Waals surface area contributed by atoms with E-state index in [0.717, 1.165) is 18.4 Å². The van der Waals surface area contributed by atoms with Gasteiger partial charge in [0.15, 0.2) is 0 Å². The Morgan fingerprint density at radius 2 is 2.05 bits per heavy atom. The Morgan fingerprint density at radius 1 is 1.37 bits per heavy atom. The summed E-state index contributed by atoms with van der Waals surface area (Å²) in [6.45, 7) is 2.16. The van der Waals surface area contributed by atoms with Gasteiger partial charge < -0.3 is 10.4 Å². The number of aliphatic hydroxyl groups excluding tert-OH is 1. The summed E-state index contributed by atoms with van der Waals surface area (Å²) in [5.41, 5.74) is 1.51. The highest BCUT2D eigenvalue weighted by Gasteiger charge is 2.33. The first-order valence-electron chi connectivity index (χ1n) is 6.65. The number of nitrogens with one attached hydrogen (secondary N) is 1. The Morgan fingerprint density at radius 3 is 2.58 bits per heavy atom. The molecule has 3 heteroatoms. The molecule has 0 radical (unpaired) electrons. The highest BCUT2D eigenvalue weighted by atomic mass is 16.2. The van der Waals surface area contributed by atoms with Crippen molar-refractivity contribution in [2.45, 2.75) is 38.1 Å². The van der Waals surface area contributed by atoms with Gasteiger partial charge in [0, 0.05) is 23.1 Å². The van der Waals surface area contributed by atoms with Gasteiger partial charge in [-0.05, 0) is 50.5 Å². The number of amides is 1. The molecule has 100 valence electrons. The molecule has 1 aromatic rings. The average Bonchev–Trinajstić information content (AvgIpc) is 2.38. The van der Waals surface area contributed by atoms with E-state index in [9.17, 15) is 4.79 Å². The number of benzene rings is 1. The lowest BCUT2D eigenvalue weighted by molar-refractivity contribution is 0.0850. The minimum atomic E-state index is -0.0172. The molecule has 0 bridgehead atoms. The third-order valence-electron chi connectivity index (χ3n) is 3.49. The van der Waals surface area contributed by atoms with Crippen LogP contribution in [-0.2, 0) is 0 Å². The highest BCUT2D eigenvalue weighted by molar-refractivity contribution is 5.94. The number of carbonyl (C=O) groups is 1. The zero-order valence-electron chi connectivity index (χ0n) is 11.2. The van der Waals surface area contributed by atoms with Gasteiger partial charge in [-0.15, -0.1) is 0 Å². The summed E-state index contributed by atoms with van der Waals surface area (Å²) < 4.78 is 0. The molecule has 19 heavy (non-hydrogen) atoms. The van der Waals surface area contributed by atoms with Gasteiger partial charge in [-0.3, -0.25) is 4.79 Å². The van der Waals surface area contributed by atoms with E-state index in [-0.39, 0.29) is 18.1 Å². The van der Waals surface area contributed by atoms with E-state index in [4.69, 9.17) is 5.11 Å². The zero-order chi connectivity index (χ0) is 13.7. The predicted octanol–water partition coefficient (Wildman–Crippen LogP) is 2.09. The van der Waals surface area contributed by atoms with Crippen LogP contribution < -0.4 is 5.32 Å². The second kappa shape index (κ2) is 5.90. The summed E-state index contributed by atoms with van der Waals surface area (Å²) in [7, 11) is 0. The Bertz CT molecular complexity index is 504. The molecule has 0 heterocycles. The van der Waals surface area contributed by atoms with Crippen LogP contribution in [0.25, 0.3) is 0 Å². The Kier molecular flexibility index (Phi) is 4.24. The summed E-state index contributed by atoms with van der Waals surface area (Å²) in [4.78, 5) is 12.0. The van der Waals surface area contributed by atoms with Crippen LogP contribution in [0.15, 0.2) is 24.3 Å². The first-order chi connectivity index (χ1) is 9.13. The normalized spacial score (nSPS) is 15.9. The number of rotatable bonds is 3. The first kappa shape index (κ1) is 13.6. The topological polar surface area (TPSA) is 49.3 Å². The molecule has 1 saturated carbocycles. The largest absolute Gasteiger partial charge is 0.395 e. The van der Waals surface area contributed by atoms with Crippen LogP contribution in [-0.4, -0.2) is 23.2 Å². The van der Waals surface area contributed by atoms with Crippen molar-refractivity contribution in [2.24, 2.45) is 0 Å². The molecule has 0 unspecified atom stereocenters. The van der Waals surface area contributed by atoms with Gasteiger partial charge in [-0.2, -0.15) is 0 Å². The van der Waals surface area contributed by atoms with Crippen LogP contribution in [0.3, 0.4) is 0 Å². The predicted molar refractivity (Wildman–Crippen MR) is 74.7 cm³/mol. The molecule has 1 fully saturated rings. The van der Waals surface area contributed by atoms with E-state index in [0.29, 0.717) is 12.0 Å². The van der Waals surface area contributed by atoms with Crippen molar-refractivity contribution in [1.82, 2.24) is 5.32 Å². The van der Waals surface area contributed by atoms with Crippen LogP contribution in [0, 0.1) is 11.8 Å². The Hall–Kier alpha value is -1.79. The smallest absolute Gasteiger partial charge is 0.251 e. The number of hydrogen-bond donors (Lipinski definition) is 2. The lowest BCUT2D eigenvalue weighted by atomic mass is 9.78. The molecule has 0 aromatic heterocycles. The van der Waals surface area contributed by atoms with Gasteiger partial charge in [0.2, 0.25) is 0 Å². The second-order valence-electron chi connectivity index (χ2n) is 5.22. The van der Waals surface area contributed by atoms with Gasteiger partial charge in [0.1, 0.15) is 0 Å². The summed E-state index contributed by atoms with van der Waals surface area (Å²) >= 11 is 0. The van der Waals surface area contributed by atoms with E-state index < -0.39 is 0 Å². The second-order valence-corrected chi connectivity index (χ2v) is 5.22. The molecule has 3 nitrogen and oxygen atoms in total. The van der Waals surface area contributed by atoms with E-state index in [1.54, 1.807) is 12.1 Å². The van der Waals surface area contributed by atoms with Gasteiger partial charge in [0.25, 0.3) is 5.91 Å². The fraction of sp³-hybridized carbons (Fsp3) is 0.438. The van der Waals surface area contributed by atoms with Gasteiger partial charge in [-0.25, -0.2) is 0 Å². The fourth-order valence-corrected chi connectivity index (χ4v) is 2.10. The van der Waals surface area contributed by atoms with E-state index >= 15 is 0 Å². The number of carbonyl (C=O) groups excluding carboxylic acids is 1. The third-order valence-corrected chi connectivity index (χ3v) is 3.49. The molecule has 1 aliphatic rings. The lowest BCUT2D eigenvalue weighted by Gasteiger charge is -2.39. The first-order valence-corrected chi connectivity index (χ1v) is 6.65. The molecule has 1 aromatic carbocycles. The molecule has 0 spiro atoms. The molecule has 0 atom stereocenters. The summed E-state index contributed by atoms with van der Waals surface area (Å²) in [5.74, 6) is 5.78. The van der Waals surface area contributed by atoms with Crippen LogP contribution >= 0.6 is 0 Å². The van der Waals surface area contributed by atoms with Crippen molar-refractivity contribution in [3.05, 3.63) is 35.4 Å². The Balaban J connectivity index is 1.98. The van der Waals surface area contributed by atoms with Crippen molar-refractivity contribution in [3.63, 3.8) is 0 Å². The summed E-state index contributed by atoms with van der Waals surface area (Å²) in [6, 6.07) is 7.26. The Labute approximate surface area is 114 Å². The lowest BCUT2D eigenvalue weighted by Crippen LogP contribution is -2.50. The van der Waals surface area contributed by atoms with Crippen molar-refractivity contribution < 1.29 is 9.90 Å². The molecule has 1 aliphatic carbocycles. The standard InChI is InChI=1S/C16H19NO2/c1-16(10-4-11-16)17-15(19)14-8-6-13(7-9-14)5-2-3-12-18/h6-9,18H,3-4,10-12H2,1H3,(H,17,19). The zero-order valence-corrected chi connectivity index (χ0v) is 11.2. The summed E-state index contributed by atoms with van der Waals surface area (Å²) in [5, 5.41) is 11.7. The molecule has 0 aliphatic heterocycles. The quantitative estimate of drug-likeness (QED) is 0.815. The fourth-order valence-electron chi connectivity index (χ4n) is 2.10. The molecular formula is C16H19NO2. The van der Waals surface area contributed by atoms with Crippen molar-refractivity contribution in [2.75, 3.05) is 6.61 Å². The minimum absolute atomic E-state index is 0.0166. The average molecular weight is 257 g/mol. The van der Waals surface area contributed by atoms with Crippen LogP contribution in [0.2, 0.25) is 0 Å². The highest BCUT2D eigenvalue weighted by Crippen LogP contribution is 2.31. The van der Waals surface area contributed by atoms with Crippen molar-refractivity contribution in [1.29, 1.82) is 0 Å². The SMILES string of the molecule is CC1(NC(=O)c2ccc(C#CCCO)cc2)CCC1. The van der Waals surface area contributed by atoms with Crippen molar-refractivity contribution in [3.8, 4) is 11.8 Å². The van der Waals surface area contributed by atoms with Crippen molar-refractivity contribution >= 4 is 5.91 Å².